The quantitative estimate of drug-likeness (QED) is 0.317. The van der Waals surface area contributed by atoms with E-state index in [0.717, 1.165) is 10.8 Å². The fourth-order valence-corrected chi connectivity index (χ4v) is 4.82. The maximum Gasteiger partial charge on any atom is 0.351 e. The number of anilines is 1. The molecule has 10 nitrogen and oxygen atoms in total. The van der Waals surface area contributed by atoms with Crippen molar-refractivity contribution in [2.45, 2.75) is 45.1 Å². The molecule has 1 aromatic heterocycles. The second kappa shape index (κ2) is 11.6. The van der Waals surface area contributed by atoms with Gasteiger partial charge in [0.15, 0.2) is 0 Å². The lowest BCUT2D eigenvalue weighted by Crippen LogP contribution is -2.28. The van der Waals surface area contributed by atoms with Gasteiger partial charge < -0.3 is 24.3 Å². The van der Waals surface area contributed by atoms with Gasteiger partial charge in [0.1, 0.15) is 24.3 Å². The number of carbonyl (C=O) groups excluding carboxylic acids is 1. The Morgan fingerprint density at radius 2 is 2.03 bits per heavy atom. The lowest BCUT2D eigenvalue weighted by atomic mass is 10.1. The first-order valence-corrected chi connectivity index (χ1v) is 12.6. The highest BCUT2D eigenvalue weighted by atomic mass is 31.2. The number of fused-ring (bicyclic) bond motifs is 1. The predicted molar refractivity (Wildman–Crippen MR) is 133 cm³/mol. The van der Waals surface area contributed by atoms with Crippen LogP contribution in [-0.4, -0.2) is 40.9 Å². The zero-order valence-electron chi connectivity index (χ0n) is 19.6. The van der Waals surface area contributed by atoms with Gasteiger partial charge in [0, 0.05) is 11.6 Å². The first-order chi connectivity index (χ1) is 16.9. The number of nitrogen functional groups attached to an aromatic ring is 1. The van der Waals surface area contributed by atoms with Gasteiger partial charge in [-0.3, -0.25) is 9.36 Å². The van der Waals surface area contributed by atoms with Crippen molar-refractivity contribution in [3.8, 4) is 5.75 Å². The highest BCUT2D eigenvalue weighted by Crippen LogP contribution is 2.40. The van der Waals surface area contributed by atoms with Crippen LogP contribution in [0.3, 0.4) is 0 Å². The second-order valence-electron chi connectivity index (χ2n) is 8.33. The van der Waals surface area contributed by atoms with Gasteiger partial charge in [-0.25, -0.2) is 9.88 Å². The van der Waals surface area contributed by atoms with Gasteiger partial charge in [0.25, 0.3) is 0 Å². The molecule has 0 spiro atoms. The summed E-state index contributed by atoms with van der Waals surface area (Å²) >= 11 is 0. The Labute approximate surface area is 204 Å². The monoisotopic (exact) mass is 500 g/mol. The number of rotatable bonds is 10. The zero-order chi connectivity index (χ0) is 24.8. The van der Waals surface area contributed by atoms with Crippen molar-refractivity contribution in [1.29, 1.82) is 0 Å². The number of ether oxygens (including phenoxy) is 2. The van der Waals surface area contributed by atoms with Crippen molar-refractivity contribution in [1.82, 2.24) is 14.6 Å². The molecule has 186 valence electrons. The number of nitrogens with one attached hydrogen (secondary N) is 1. The van der Waals surface area contributed by atoms with Crippen molar-refractivity contribution >= 4 is 31.1 Å². The molecule has 3 unspecified atom stereocenters. The van der Waals surface area contributed by atoms with E-state index in [9.17, 15) is 9.59 Å². The topological polar surface area (TPSA) is 127 Å². The highest BCUT2D eigenvalue weighted by Gasteiger charge is 2.29. The summed E-state index contributed by atoms with van der Waals surface area (Å²) in [6.07, 6.45) is 1.99. The summed E-state index contributed by atoms with van der Waals surface area (Å²) in [6.45, 7) is 3.74. The first-order valence-electron chi connectivity index (χ1n) is 11.4. The highest BCUT2D eigenvalue weighted by molar-refractivity contribution is 7.45. The van der Waals surface area contributed by atoms with Crippen molar-refractivity contribution in [3.63, 3.8) is 0 Å². The molecule has 0 radical (unpaired) electrons. The summed E-state index contributed by atoms with van der Waals surface area (Å²) in [7, 11) is -1.69. The van der Waals surface area contributed by atoms with Crippen LogP contribution < -0.4 is 21.0 Å². The number of esters is 1. The van der Waals surface area contributed by atoms with Crippen LogP contribution in [-0.2, 0) is 18.8 Å². The Hall–Kier alpha value is -3.04. The fraction of sp³-hybridized carbons (Fsp3) is 0.375. The molecule has 0 bridgehead atoms. The van der Waals surface area contributed by atoms with E-state index in [4.69, 9.17) is 24.3 Å². The maximum atomic E-state index is 12.1. The summed E-state index contributed by atoms with van der Waals surface area (Å²) < 4.78 is 24.9. The molecule has 1 aliphatic rings. The fourth-order valence-electron chi connectivity index (χ4n) is 3.71. The van der Waals surface area contributed by atoms with Crippen LogP contribution in [0.25, 0.3) is 10.8 Å². The van der Waals surface area contributed by atoms with E-state index in [-0.39, 0.29) is 31.2 Å². The third kappa shape index (κ3) is 6.76. The van der Waals surface area contributed by atoms with Gasteiger partial charge in [-0.15, -0.1) is 0 Å². The Morgan fingerprint density at radius 3 is 2.83 bits per heavy atom. The largest absolute Gasteiger partial charge is 0.462 e. The third-order valence-electron chi connectivity index (χ3n) is 5.28. The molecule has 4 rings (SSSR count). The lowest BCUT2D eigenvalue weighted by Gasteiger charge is -2.21. The minimum absolute atomic E-state index is 0.0602. The van der Waals surface area contributed by atoms with Gasteiger partial charge in [0.2, 0.25) is 0 Å². The van der Waals surface area contributed by atoms with Gasteiger partial charge >= 0.3 is 20.2 Å². The van der Waals surface area contributed by atoms with Crippen LogP contribution in [0.2, 0.25) is 0 Å². The molecule has 0 aliphatic carbocycles. The van der Waals surface area contributed by atoms with Crippen molar-refractivity contribution < 1.29 is 23.3 Å². The molecular weight excluding hydrogens is 471 g/mol. The number of benzene rings is 2. The molecule has 2 aromatic carbocycles. The molecule has 0 saturated carbocycles. The summed E-state index contributed by atoms with van der Waals surface area (Å²) in [5.41, 5.74) is 5.12. The Morgan fingerprint density at radius 1 is 1.23 bits per heavy atom. The summed E-state index contributed by atoms with van der Waals surface area (Å²) in [6, 6.07) is 15.2. The molecule has 3 atom stereocenters. The minimum atomic E-state index is -1.69. The second-order valence-corrected chi connectivity index (χ2v) is 9.60. The molecule has 11 heteroatoms. The molecule has 2 heterocycles. The summed E-state index contributed by atoms with van der Waals surface area (Å²) in [4.78, 5) is 28.0. The summed E-state index contributed by atoms with van der Waals surface area (Å²) in [5.74, 6) is 0.413. The van der Waals surface area contributed by atoms with Gasteiger partial charge in [-0.2, -0.15) is 4.98 Å². The number of hydrogen-bond acceptors (Lipinski definition) is 9. The van der Waals surface area contributed by atoms with Gasteiger partial charge in [-0.05, 0) is 44.2 Å². The summed E-state index contributed by atoms with van der Waals surface area (Å²) in [5, 5.41) is 5.00. The van der Waals surface area contributed by atoms with Crippen LogP contribution in [0.1, 0.15) is 32.9 Å². The van der Waals surface area contributed by atoms with Gasteiger partial charge in [-0.1, -0.05) is 36.4 Å². The van der Waals surface area contributed by atoms with E-state index in [1.54, 1.807) is 26.1 Å². The van der Waals surface area contributed by atoms with Crippen molar-refractivity contribution in [2.75, 3.05) is 18.9 Å². The molecule has 0 amide bonds. The normalized spacial score (nSPS) is 18.6. The molecule has 3 N–H and O–H groups in total. The molecular formula is C24H29N4O6P. The lowest BCUT2D eigenvalue weighted by molar-refractivity contribution is -0.145. The molecule has 1 saturated heterocycles. The number of carbonyl (C=O) groups is 1. The van der Waals surface area contributed by atoms with Crippen molar-refractivity contribution in [2.24, 2.45) is 0 Å². The van der Waals surface area contributed by atoms with E-state index in [2.05, 4.69) is 10.1 Å². The number of hydrogen-bond donors (Lipinski definition) is 2. The molecule has 1 fully saturated rings. The maximum absolute atomic E-state index is 12.1. The van der Waals surface area contributed by atoms with Crippen LogP contribution in [0, 0.1) is 0 Å². The Kier molecular flexibility index (Phi) is 8.30. The van der Waals surface area contributed by atoms with Gasteiger partial charge in [0.05, 0.1) is 18.8 Å². The predicted octanol–water partition coefficient (Wildman–Crippen LogP) is 3.52. The molecule has 1 aliphatic heterocycles. The zero-order valence-corrected chi connectivity index (χ0v) is 20.5. The van der Waals surface area contributed by atoms with Crippen LogP contribution >= 0.6 is 8.53 Å². The van der Waals surface area contributed by atoms with E-state index in [1.165, 1.54) is 4.57 Å². The first kappa shape index (κ1) is 25.1. The van der Waals surface area contributed by atoms with Crippen LogP contribution in [0.4, 0.5) is 5.82 Å². The third-order valence-corrected chi connectivity index (χ3v) is 6.44. The van der Waals surface area contributed by atoms with E-state index < -0.39 is 26.4 Å². The average Bonchev–Trinajstić information content (AvgIpc) is 3.29. The minimum Gasteiger partial charge on any atom is -0.462 e. The number of aromatic nitrogens is 2. The van der Waals surface area contributed by atoms with E-state index >= 15 is 0 Å². The Bertz CT molecular complexity index is 1210. The SMILES string of the molecule is CC(C)OC(=O)CNP(OCC1CCC(n2ccc(N)nc2=O)O1)Oc1cccc2ccccc12. The number of nitrogens with two attached hydrogens (primary N) is 1. The molecule has 35 heavy (non-hydrogen) atoms. The van der Waals surface area contributed by atoms with E-state index in [0.29, 0.717) is 18.6 Å². The average molecular weight is 500 g/mol. The number of nitrogens with zero attached hydrogens (tertiary/aromatic N) is 2. The standard InChI is InChI=1S/C24H29N4O6P/c1-16(2)32-23(29)14-26-35(34-20-9-5-7-17-6-3-4-8-19(17)20)31-15-18-10-11-22(33-18)28-13-12-21(25)27-24(28)30/h3-9,12-13,16,18,22,26H,10-11,14-15H2,1-2H3,(H2,25,27,30). The van der Waals surface area contributed by atoms with Crippen molar-refractivity contribution in [3.05, 3.63) is 65.2 Å². The Balaban J connectivity index is 1.41. The smallest absolute Gasteiger partial charge is 0.351 e. The van der Waals surface area contributed by atoms with Crippen LogP contribution in [0.15, 0.2) is 59.5 Å². The molecule has 3 aromatic rings. The van der Waals surface area contributed by atoms with Crippen LogP contribution in [0.5, 0.6) is 5.75 Å². The van der Waals surface area contributed by atoms with E-state index in [1.807, 2.05) is 42.5 Å².